The quantitative estimate of drug-likeness (QED) is 0.325. The van der Waals surface area contributed by atoms with Crippen molar-refractivity contribution in [1.29, 1.82) is 0 Å². The van der Waals surface area contributed by atoms with Crippen LogP contribution >= 0.6 is 0 Å². The second-order valence-corrected chi connectivity index (χ2v) is 6.29. The molecule has 1 aromatic rings. The average molecular weight is 367 g/mol. The van der Waals surface area contributed by atoms with Crippen LogP contribution in [0.25, 0.3) is 0 Å². The standard InChI is InChI=1S/C17H25N3O6/c1-9(2)14(16(24)19-13(8-21)17(25)26)20-15(23)12(18)7-10-3-5-11(22)6-4-10/h3-6,9,12-14,21-22H,7-8,18H2,1-2H3,(H,19,24)(H,20,23)(H,25,26)/t12-,13-,14-/m0/s1. The van der Waals surface area contributed by atoms with Crippen molar-refractivity contribution in [2.75, 3.05) is 6.61 Å². The number of carboxylic acids is 1. The molecule has 1 rings (SSSR count). The topological polar surface area (TPSA) is 162 Å². The highest BCUT2D eigenvalue weighted by molar-refractivity contribution is 5.92. The Morgan fingerprint density at radius 1 is 1.08 bits per heavy atom. The molecule has 3 atom stereocenters. The van der Waals surface area contributed by atoms with Crippen molar-refractivity contribution in [2.24, 2.45) is 11.7 Å². The van der Waals surface area contributed by atoms with Gasteiger partial charge in [-0.15, -0.1) is 0 Å². The number of phenolic OH excluding ortho intramolecular Hbond substituents is 1. The van der Waals surface area contributed by atoms with E-state index in [0.29, 0.717) is 0 Å². The van der Waals surface area contributed by atoms with Crippen molar-refractivity contribution in [1.82, 2.24) is 10.6 Å². The Balaban J connectivity index is 2.72. The summed E-state index contributed by atoms with van der Waals surface area (Å²) < 4.78 is 0. The van der Waals surface area contributed by atoms with Crippen LogP contribution in [0.1, 0.15) is 19.4 Å². The molecule has 9 heteroatoms. The molecule has 2 amide bonds. The molecule has 7 N–H and O–H groups in total. The van der Waals surface area contributed by atoms with Gasteiger partial charge in [0, 0.05) is 0 Å². The third-order valence-corrected chi connectivity index (χ3v) is 3.77. The number of amides is 2. The first kappa shape index (κ1) is 21.4. The van der Waals surface area contributed by atoms with Crippen LogP contribution in [-0.4, -0.2) is 57.8 Å². The van der Waals surface area contributed by atoms with E-state index in [2.05, 4.69) is 10.6 Å². The number of aliphatic hydroxyl groups is 1. The van der Waals surface area contributed by atoms with E-state index in [1.165, 1.54) is 12.1 Å². The zero-order valence-corrected chi connectivity index (χ0v) is 14.7. The number of phenols is 1. The molecule has 0 saturated heterocycles. The van der Waals surface area contributed by atoms with Gasteiger partial charge in [-0.3, -0.25) is 9.59 Å². The fourth-order valence-corrected chi connectivity index (χ4v) is 2.22. The first-order chi connectivity index (χ1) is 12.1. The highest BCUT2D eigenvalue weighted by Crippen LogP contribution is 2.11. The molecule has 0 bridgehead atoms. The van der Waals surface area contributed by atoms with E-state index in [-0.39, 0.29) is 18.1 Å². The Hall–Kier alpha value is -2.65. The highest BCUT2D eigenvalue weighted by Gasteiger charge is 2.29. The van der Waals surface area contributed by atoms with Gasteiger partial charge in [0.2, 0.25) is 11.8 Å². The summed E-state index contributed by atoms with van der Waals surface area (Å²) in [5, 5.41) is 31.8. The molecule has 0 aliphatic rings. The van der Waals surface area contributed by atoms with Crippen molar-refractivity contribution in [3.05, 3.63) is 29.8 Å². The average Bonchev–Trinajstić information content (AvgIpc) is 2.58. The lowest BCUT2D eigenvalue weighted by Gasteiger charge is -2.25. The van der Waals surface area contributed by atoms with Crippen molar-refractivity contribution < 1.29 is 29.7 Å². The summed E-state index contributed by atoms with van der Waals surface area (Å²) in [4.78, 5) is 35.5. The van der Waals surface area contributed by atoms with Gasteiger partial charge in [0.05, 0.1) is 12.6 Å². The van der Waals surface area contributed by atoms with E-state index in [9.17, 15) is 19.5 Å². The van der Waals surface area contributed by atoms with Gasteiger partial charge in [-0.1, -0.05) is 26.0 Å². The number of carbonyl (C=O) groups excluding carboxylic acids is 2. The van der Waals surface area contributed by atoms with Crippen LogP contribution in [-0.2, 0) is 20.8 Å². The molecule has 9 nitrogen and oxygen atoms in total. The molecule has 0 saturated carbocycles. The molecule has 0 heterocycles. The fraction of sp³-hybridized carbons (Fsp3) is 0.471. The summed E-state index contributed by atoms with van der Waals surface area (Å²) >= 11 is 0. The molecule has 144 valence electrons. The summed E-state index contributed by atoms with van der Waals surface area (Å²) in [5.41, 5.74) is 6.61. The summed E-state index contributed by atoms with van der Waals surface area (Å²) in [6.07, 6.45) is 0.201. The van der Waals surface area contributed by atoms with Crippen LogP contribution in [0.4, 0.5) is 0 Å². The van der Waals surface area contributed by atoms with Gasteiger partial charge in [-0.2, -0.15) is 0 Å². The van der Waals surface area contributed by atoms with Gasteiger partial charge >= 0.3 is 5.97 Å². The number of carboxylic acid groups (broad SMARTS) is 1. The van der Waals surface area contributed by atoms with Crippen molar-refractivity contribution >= 4 is 17.8 Å². The Labute approximate surface area is 151 Å². The largest absolute Gasteiger partial charge is 0.508 e. The van der Waals surface area contributed by atoms with E-state index in [1.807, 2.05) is 0 Å². The number of carbonyl (C=O) groups is 3. The molecule has 26 heavy (non-hydrogen) atoms. The number of aliphatic hydroxyl groups excluding tert-OH is 1. The molecule has 0 radical (unpaired) electrons. The van der Waals surface area contributed by atoms with Crippen molar-refractivity contribution in [2.45, 2.75) is 38.4 Å². The van der Waals surface area contributed by atoms with Gasteiger partial charge in [-0.25, -0.2) is 4.79 Å². The number of nitrogens with two attached hydrogens (primary N) is 1. The van der Waals surface area contributed by atoms with Crippen LogP contribution in [0.3, 0.4) is 0 Å². The van der Waals surface area contributed by atoms with E-state index in [1.54, 1.807) is 26.0 Å². The molecule has 1 aromatic carbocycles. The van der Waals surface area contributed by atoms with Crippen LogP contribution < -0.4 is 16.4 Å². The van der Waals surface area contributed by atoms with Crippen molar-refractivity contribution in [3.63, 3.8) is 0 Å². The minimum Gasteiger partial charge on any atom is -0.508 e. The Kier molecular flexibility index (Phi) is 8.01. The van der Waals surface area contributed by atoms with Crippen LogP contribution in [0.15, 0.2) is 24.3 Å². The summed E-state index contributed by atoms with van der Waals surface area (Å²) in [5.74, 6) is -2.89. The maximum atomic E-state index is 12.3. The maximum absolute atomic E-state index is 12.3. The number of hydrogen-bond donors (Lipinski definition) is 6. The van der Waals surface area contributed by atoms with Crippen LogP contribution in [0.5, 0.6) is 5.75 Å². The van der Waals surface area contributed by atoms with E-state index >= 15 is 0 Å². The van der Waals surface area contributed by atoms with E-state index in [4.69, 9.17) is 15.9 Å². The van der Waals surface area contributed by atoms with Gasteiger partial charge < -0.3 is 31.7 Å². The smallest absolute Gasteiger partial charge is 0.328 e. The van der Waals surface area contributed by atoms with Crippen LogP contribution in [0.2, 0.25) is 0 Å². The SMILES string of the molecule is CC(C)[C@H](NC(=O)[C@@H](N)Cc1ccc(O)cc1)C(=O)N[C@@H](CO)C(=O)O. The molecule has 0 aromatic heterocycles. The number of hydrogen-bond acceptors (Lipinski definition) is 6. The Morgan fingerprint density at radius 3 is 2.12 bits per heavy atom. The second kappa shape index (κ2) is 9.73. The molecule has 0 spiro atoms. The third kappa shape index (κ3) is 6.34. The van der Waals surface area contributed by atoms with Crippen molar-refractivity contribution in [3.8, 4) is 5.75 Å². The predicted molar refractivity (Wildman–Crippen MR) is 93.2 cm³/mol. The number of rotatable bonds is 9. The maximum Gasteiger partial charge on any atom is 0.328 e. The molecular weight excluding hydrogens is 342 g/mol. The number of benzene rings is 1. The van der Waals surface area contributed by atoms with E-state index in [0.717, 1.165) is 5.56 Å². The van der Waals surface area contributed by atoms with Gasteiger partial charge in [0.15, 0.2) is 0 Å². The summed E-state index contributed by atoms with van der Waals surface area (Å²) in [6.45, 7) is 2.61. The highest BCUT2D eigenvalue weighted by atomic mass is 16.4. The monoisotopic (exact) mass is 367 g/mol. The first-order valence-electron chi connectivity index (χ1n) is 8.13. The molecule has 0 unspecified atom stereocenters. The normalized spacial score (nSPS) is 14.3. The predicted octanol–water partition coefficient (Wildman–Crippen LogP) is -1.04. The molecular formula is C17H25N3O6. The zero-order chi connectivity index (χ0) is 19.9. The summed E-state index contributed by atoms with van der Waals surface area (Å²) in [7, 11) is 0. The minimum absolute atomic E-state index is 0.0974. The molecule has 0 fully saturated rings. The van der Waals surface area contributed by atoms with Gasteiger partial charge in [0.1, 0.15) is 17.8 Å². The lowest BCUT2D eigenvalue weighted by Crippen LogP contribution is -2.57. The number of aliphatic carboxylic acids is 1. The van der Waals surface area contributed by atoms with Crippen LogP contribution in [0, 0.1) is 5.92 Å². The lowest BCUT2D eigenvalue weighted by molar-refractivity contribution is -0.143. The fourth-order valence-electron chi connectivity index (χ4n) is 2.22. The molecule has 0 aliphatic heterocycles. The second-order valence-electron chi connectivity index (χ2n) is 6.29. The van der Waals surface area contributed by atoms with Gasteiger partial charge in [0.25, 0.3) is 0 Å². The zero-order valence-electron chi connectivity index (χ0n) is 14.7. The summed E-state index contributed by atoms with van der Waals surface area (Å²) in [6, 6.07) is 2.84. The number of aromatic hydroxyl groups is 1. The molecule has 0 aliphatic carbocycles. The van der Waals surface area contributed by atoms with E-state index < -0.39 is 42.5 Å². The van der Waals surface area contributed by atoms with Gasteiger partial charge in [-0.05, 0) is 30.0 Å². The Bertz CT molecular complexity index is 632. The third-order valence-electron chi connectivity index (χ3n) is 3.77. The first-order valence-corrected chi connectivity index (χ1v) is 8.13. The minimum atomic E-state index is -1.45. The lowest BCUT2D eigenvalue weighted by atomic mass is 10.0. The Morgan fingerprint density at radius 2 is 1.65 bits per heavy atom. The number of nitrogens with one attached hydrogen (secondary N) is 2.